The van der Waals surface area contributed by atoms with E-state index >= 15 is 0 Å². The lowest BCUT2D eigenvalue weighted by Crippen LogP contribution is -2.27. The first-order valence-corrected chi connectivity index (χ1v) is 10.5. The third-order valence-corrected chi connectivity index (χ3v) is 5.70. The van der Waals surface area contributed by atoms with Crippen LogP contribution >= 0.6 is 27.7 Å². The molecule has 2 amide bonds. The number of nitrogens with zero attached hydrogens (tertiary/aromatic N) is 1. The van der Waals surface area contributed by atoms with Gasteiger partial charge in [0.25, 0.3) is 11.1 Å². The van der Waals surface area contributed by atoms with E-state index in [9.17, 15) is 14.4 Å². The molecule has 1 heterocycles. The monoisotopic (exact) mass is 491 g/mol. The summed E-state index contributed by atoms with van der Waals surface area (Å²) in [5, 5.41) is 8.66. The van der Waals surface area contributed by atoms with Crippen molar-refractivity contribution in [2.45, 2.75) is 19.6 Å². The molecule has 1 fully saturated rings. The van der Waals surface area contributed by atoms with Crippen LogP contribution in [0, 0.1) is 0 Å². The number of amides is 2. The second-order valence-corrected chi connectivity index (χ2v) is 8.31. The average Bonchev–Trinajstić information content (AvgIpc) is 2.97. The lowest BCUT2D eigenvalue weighted by atomic mass is 10.1. The second-order valence-electron chi connectivity index (χ2n) is 6.40. The number of imide groups is 1. The number of rotatable bonds is 7. The van der Waals surface area contributed by atoms with Gasteiger partial charge in [0.05, 0.1) is 18.6 Å². The van der Waals surface area contributed by atoms with E-state index in [1.54, 1.807) is 24.3 Å². The molecule has 0 radical (unpaired) electrons. The standard InChI is InChI=1S/C21H18BrNO6S/c1-12(20(25)26)29-16-8-5-14(9-17(16)28-2)10-18-19(24)23(21(27)30-18)11-13-3-6-15(22)7-4-13/h3-10,12H,11H2,1-2H3,(H,25,26)/b18-10-/t12-/m1/s1. The molecule has 1 N–H and O–H groups in total. The van der Waals surface area contributed by atoms with Gasteiger partial charge >= 0.3 is 5.97 Å². The van der Waals surface area contributed by atoms with Gasteiger partial charge in [-0.2, -0.15) is 0 Å². The summed E-state index contributed by atoms with van der Waals surface area (Å²) in [6.07, 6.45) is 0.555. The number of halogens is 1. The molecule has 1 aliphatic rings. The number of carboxylic acid groups (broad SMARTS) is 1. The van der Waals surface area contributed by atoms with Gasteiger partial charge in [0.1, 0.15) is 0 Å². The number of benzene rings is 2. The van der Waals surface area contributed by atoms with Crippen LogP contribution in [0.4, 0.5) is 4.79 Å². The number of ether oxygens (including phenoxy) is 2. The number of thioether (sulfide) groups is 1. The molecule has 0 spiro atoms. The Morgan fingerprint density at radius 2 is 1.90 bits per heavy atom. The molecule has 30 heavy (non-hydrogen) atoms. The van der Waals surface area contributed by atoms with Gasteiger partial charge in [-0.3, -0.25) is 14.5 Å². The number of methoxy groups -OCH3 is 1. The lowest BCUT2D eigenvalue weighted by molar-refractivity contribution is -0.144. The molecule has 0 aromatic heterocycles. The Balaban J connectivity index is 1.79. The number of carboxylic acids is 1. The first-order valence-electron chi connectivity index (χ1n) is 8.86. The van der Waals surface area contributed by atoms with Crippen LogP contribution in [0.3, 0.4) is 0 Å². The van der Waals surface area contributed by atoms with Crippen LogP contribution < -0.4 is 9.47 Å². The van der Waals surface area contributed by atoms with Gasteiger partial charge in [0.15, 0.2) is 17.6 Å². The summed E-state index contributed by atoms with van der Waals surface area (Å²) >= 11 is 4.23. The zero-order valence-corrected chi connectivity index (χ0v) is 18.5. The van der Waals surface area contributed by atoms with Crippen LogP contribution in [0.1, 0.15) is 18.1 Å². The maximum atomic E-state index is 12.7. The van der Waals surface area contributed by atoms with Crippen molar-refractivity contribution < 1.29 is 29.0 Å². The van der Waals surface area contributed by atoms with Gasteiger partial charge in [-0.05, 0) is 60.2 Å². The summed E-state index contributed by atoms with van der Waals surface area (Å²) in [5.74, 6) is -0.869. The molecular weight excluding hydrogens is 474 g/mol. The van der Waals surface area contributed by atoms with Crippen LogP contribution in [0.5, 0.6) is 11.5 Å². The molecule has 1 aliphatic heterocycles. The van der Waals surface area contributed by atoms with Crippen molar-refractivity contribution in [1.82, 2.24) is 4.90 Å². The first kappa shape index (κ1) is 21.9. The smallest absolute Gasteiger partial charge is 0.344 e. The van der Waals surface area contributed by atoms with E-state index in [2.05, 4.69) is 15.9 Å². The Kier molecular flexibility index (Phi) is 6.84. The van der Waals surface area contributed by atoms with Crippen LogP contribution in [0.2, 0.25) is 0 Å². The van der Waals surface area contributed by atoms with Crippen molar-refractivity contribution in [3.05, 3.63) is 63.0 Å². The Bertz CT molecular complexity index is 1020. The zero-order valence-electron chi connectivity index (χ0n) is 16.1. The highest BCUT2D eigenvalue weighted by atomic mass is 79.9. The Morgan fingerprint density at radius 1 is 1.20 bits per heavy atom. The number of hydrogen-bond donors (Lipinski definition) is 1. The largest absolute Gasteiger partial charge is 0.493 e. The topological polar surface area (TPSA) is 93.1 Å². The summed E-state index contributed by atoms with van der Waals surface area (Å²) in [6.45, 7) is 1.61. The molecule has 7 nitrogen and oxygen atoms in total. The third kappa shape index (κ3) is 5.03. The Labute approximate surface area is 185 Å². The lowest BCUT2D eigenvalue weighted by Gasteiger charge is -2.14. The summed E-state index contributed by atoms with van der Waals surface area (Å²) in [7, 11) is 1.43. The summed E-state index contributed by atoms with van der Waals surface area (Å²) < 4.78 is 11.6. The molecule has 0 bridgehead atoms. The molecule has 0 unspecified atom stereocenters. The SMILES string of the molecule is COc1cc(/C=C2\SC(=O)N(Cc3ccc(Br)cc3)C2=O)ccc1O[C@H](C)C(=O)O. The predicted molar refractivity (Wildman–Crippen MR) is 116 cm³/mol. The van der Waals surface area contributed by atoms with Gasteiger partial charge in [-0.1, -0.05) is 34.1 Å². The fourth-order valence-corrected chi connectivity index (χ4v) is 3.77. The summed E-state index contributed by atoms with van der Waals surface area (Å²) in [5.41, 5.74) is 1.47. The minimum Gasteiger partial charge on any atom is -0.493 e. The van der Waals surface area contributed by atoms with Gasteiger partial charge in [0.2, 0.25) is 0 Å². The van der Waals surface area contributed by atoms with Gasteiger partial charge in [-0.25, -0.2) is 4.79 Å². The molecular formula is C21H18BrNO6S. The van der Waals surface area contributed by atoms with E-state index in [1.165, 1.54) is 18.9 Å². The van der Waals surface area contributed by atoms with E-state index in [4.69, 9.17) is 14.6 Å². The summed E-state index contributed by atoms with van der Waals surface area (Å²) in [6, 6.07) is 12.2. The van der Waals surface area contributed by atoms with E-state index in [0.29, 0.717) is 16.2 Å². The fraction of sp³-hybridized carbons (Fsp3) is 0.190. The van der Waals surface area contributed by atoms with Crippen molar-refractivity contribution in [3.8, 4) is 11.5 Å². The molecule has 3 rings (SSSR count). The van der Waals surface area contributed by atoms with Crippen LogP contribution in [0.25, 0.3) is 6.08 Å². The number of carbonyl (C=O) groups is 3. The third-order valence-electron chi connectivity index (χ3n) is 4.26. The molecule has 0 saturated carbocycles. The average molecular weight is 492 g/mol. The van der Waals surface area contributed by atoms with E-state index < -0.39 is 12.1 Å². The van der Waals surface area contributed by atoms with Crippen LogP contribution in [-0.2, 0) is 16.1 Å². The number of carbonyl (C=O) groups excluding carboxylic acids is 2. The van der Waals surface area contributed by atoms with E-state index in [0.717, 1.165) is 21.8 Å². The van der Waals surface area contributed by atoms with Crippen molar-refractivity contribution in [3.63, 3.8) is 0 Å². The Morgan fingerprint density at radius 3 is 2.53 bits per heavy atom. The normalized spacial score (nSPS) is 16.1. The summed E-state index contributed by atoms with van der Waals surface area (Å²) in [4.78, 5) is 37.5. The minimum absolute atomic E-state index is 0.193. The second kappa shape index (κ2) is 9.36. The van der Waals surface area contributed by atoms with Crippen LogP contribution in [-0.4, -0.2) is 40.3 Å². The molecule has 1 atom stereocenters. The van der Waals surface area contributed by atoms with Gasteiger partial charge in [0, 0.05) is 4.47 Å². The van der Waals surface area contributed by atoms with Crippen molar-refractivity contribution in [2.75, 3.05) is 7.11 Å². The molecule has 9 heteroatoms. The molecule has 156 valence electrons. The minimum atomic E-state index is -1.10. The zero-order chi connectivity index (χ0) is 21.8. The predicted octanol–water partition coefficient (Wildman–Crippen LogP) is 4.55. The number of hydrogen-bond acceptors (Lipinski definition) is 6. The fourth-order valence-electron chi connectivity index (χ4n) is 2.67. The Hall–Kier alpha value is -2.78. The van der Waals surface area contributed by atoms with Crippen molar-refractivity contribution in [2.24, 2.45) is 0 Å². The molecule has 1 saturated heterocycles. The van der Waals surface area contributed by atoms with Crippen molar-refractivity contribution in [1.29, 1.82) is 0 Å². The number of aliphatic carboxylic acids is 1. The van der Waals surface area contributed by atoms with Gasteiger partial charge in [-0.15, -0.1) is 0 Å². The highest BCUT2D eigenvalue weighted by Crippen LogP contribution is 2.35. The quantitative estimate of drug-likeness (QED) is 0.567. The van der Waals surface area contributed by atoms with E-state index in [-0.39, 0.29) is 23.4 Å². The molecule has 2 aromatic rings. The molecule has 0 aliphatic carbocycles. The molecule has 2 aromatic carbocycles. The van der Waals surface area contributed by atoms with Crippen molar-refractivity contribution >= 4 is 50.9 Å². The van der Waals surface area contributed by atoms with E-state index in [1.807, 2.05) is 24.3 Å². The maximum Gasteiger partial charge on any atom is 0.344 e. The highest BCUT2D eigenvalue weighted by molar-refractivity contribution is 9.10. The van der Waals surface area contributed by atoms with Crippen LogP contribution in [0.15, 0.2) is 51.8 Å². The maximum absolute atomic E-state index is 12.7. The van der Waals surface area contributed by atoms with Gasteiger partial charge < -0.3 is 14.6 Å². The highest BCUT2D eigenvalue weighted by Gasteiger charge is 2.35. The first-order chi connectivity index (χ1) is 14.3.